The number of halogens is 1. The fraction of sp³-hybridized carbons (Fsp3) is 0.391. The molecule has 2 atom stereocenters. The summed E-state index contributed by atoms with van der Waals surface area (Å²) in [5.74, 6) is -0.428. The Balaban J connectivity index is 1.93. The Labute approximate surface area is 177 Å². The third-order valence-electron chi connectivity index (χ3n) is 5.33. The highest BCUT2D eigenvalue weighted by Crippen LogP contribution is 2.30. The van der Waals surface area contributed by atoms with Gasteiger partial charge in [-0.25, -0.2) is 0 Å². The van der Waals surface area contributed by atoms with Gasteiger partial charge in [0.05, 0.1) is 5.56 Å². The largest absolute Gasteiger partial charge is 0.366 e. The van der Waals surface area contributed by atoms with Crippen molar-refractivity contribution in [2.75, 3.05) is 16.8 Å². The van der Waals surface area contributed by atoms with Gasteiger partial charge in [-0.15, -0.1) is 11.6 Å². The van der Waals surface area contributed by atoms with E-state index in [0.29, 0.717) is 11.3 Å². The fourth-order valence-corrected chi connectivity index (χ4v) is 3.47. The number of hydrogen-bond donors (Lipinski definition) is 2. The van der Waals surface area contributed by atoms with Crippen LogP contribution in [0.15, 0.2) is 42.5 Å². The molecule has 0 bridgehead atoms. The van der Waals surface area contributed by atoms with Crippen LogP contribution in [-0.4, -0.2) is 29.8 Å². The van der Waals surface area contributed by atoms with Gasteiger partial charge in [0, 0.05) is 30.5 Å². The van der Waals surface area contributed by atoms with Crippen LogP contribution < -0.4 is 15.5 Å². The molecular weight excluding hydrogens is 386 g/mol. The molecule has 2 unspecified atom stereocenters. The van der Waals surface area contributed by atoms with Gasteiger partial charge in [-0.1, -0.05) is 31.2 Å². The molecule has 0 aromatic heterocycles. The maximum Gasteiger partial charge on any atom is 0.253 e. The summed E-state index contributed by atoms with van der Waals surface area (Å²) >= 11 is 5.87. The number of benzene rings is 2. The zero-order chi connectivity index (χ0) is 21.0. The van der Waals surface area contributed by atoms with Crippen molar-refractivity contribution >= 4 is 34.8 Å². The molecule has 5 nitrogen and oxygen atoms in total. The van der Waals surface area contributed by atoms with Crippen LogP contribution in [0.5, 0.6) is 0 Å². The lowest BCUT2D eigenvalue weighted by Crippen LogP contribution is -2.36. The quantitative estimate of drug-likeness (QED) is 0.692. The molecule has 0 saturated carbocycles. The number of carbonyl (C=O) groups excluding carboxylic acids is 2. The van der Waals surface area contributed by atoms with Gasteiger partial charge < -0.3 is 15.5 Å². The molecule has 0 aliphatic carbocycles. The van der Waals surface area contributed by atoms with Crippen LogP contribution in [-0.2, 0) is 17.8 Å². The van der Waals surface area contributed by atoms with Gasteiger partial charge in [0.1, 0.15) is 5.38 Å². The van der Waals surface area contributed by atoms with Crippen LogP contribution in [0.2, 0.25) is 0 Å². The zero-order valence-electron chi connectivity index (χ0n) is 17.2. The van der Waals surface area contributed by atoms with Crippen LogP contribution >= 0.6 is 11.6 Å². The van der Waals surface area contributed by atoms with Gasteiger partial charge in [0.25, 0.3) is 5.91 Å². The molecule has 0 fully saturated rings. The van der Waals surface area contributed by atoms with Crippen molar-refractivity contribution in [2.45, 2.75) is 51.6 Å². The van der Waals surface area contributed by atoms with Crippen LogP contribution in [0, 0.1) is 0 Å². The maximum atomic E-state index is 13.0. The summed E-state index contributed by atoms with van der Waals surface area (Å²) in [6.07, 6.45) is 1.78. The van der Waals surface area contributed by atoms with Crippen molar-refractivity contribution in [1.29, 1.82) is 0 Å². The Kier molecular flexibility index (Phi) is 6.80. The third kappa shape index (κ3) is 5.10. The van der Waals surface area contributed by atoms with E-state index < -0.39 is 5.38 Å². The summed E-state index contributed by atoms with van der Waals surface area (Å²) in [7, 11) is 0. The van der Waals surface area contributed by atoms with E-state index in [-0.39, 0.29) is 17.9 Å². The second-order valence-corrected chi connectivity index (χ2v) is 8.21. The maximum absolute atomic E-state index is 13.0. The van der Waals surface area contributed by atoms with E-state index in [2.05, 4.69) is 33.7 Å². The van der Waals surface area contributed by atoms with Crippen LogP contribution in [0.4, 0.5) is 11.4 Å². The molecule has 1 heterocycles. The molecule has 6 heteroatoms. The molecule has 29 heavy (non-hydrogen) atoms. The minimum absolute atomic E-state index is 0.0681. The van der Waals surface area contributed by atoms with E-state index in [0.717, 1.165) is 31.6 Å². The van der Waals surface area contributed by atoms with Crippen LogP contribution in [0.25, 0.3) is 0 Å². The predicted octanol–water partition coefficient (Wildman–Crippen LogP) is 4.34. The number of nitrogens with zero attached hydrogens (tertiary/aromatic N) is 1. The third-order valence-corrected chi connectivity index (χ3v) is 5.53. The van der Waals surface area contributed by atoms with Gasteiger partial charge >= 0.3 is 0 Å². The summed E-state index contributed by atoms with van der Waals surface area (Å²) in [6, 6.07) is 14.0. The molecule has 0 spiro atoms. The van der Waals surface area contributed by atoms with Gasteiger partial charge in [-0.2, -0.15) is 0 Å². The first kappa shape index (κ1) is 21.2. The molecule has 1 aliphatic heterocycles. The van der Waals surface area contributed by atoms with E-state index in [1.165, 1.54) is 11.1 Å². The molecule has 0 saturated heterocycles. The normalized spacial score (nSPS) is 15.2. The lowest BCUT2D eigenvalue weighted by atomic mass is 9.98. The van der Waals surface area contributed by atoms with Crippen molar-refractivity contribution in [3.05, 3.63) is 59.2 Å². The number of anilines is 2. The Morgan fingerprint density at radius 2 is 1.86 bits per heavy atom. The highest BCUT2D eigenvalue weighted by Gasteiger charge is 2.23. The molecule has 3 rings (SSSR count). The van der Waals surface area contributed by atoms with Gasteiger partial charge in [-0.3, -0.25) is 9.59 Å². The Morgan fingerprint density at radius 3 is 2.55 bits per heavy atom. The number of carbonyl (C=O) groups is 2. The highest BCUT2D eigenvalue weighted by molar-refractivity contribution is 6.32. The minimum Gasteiger partial charge on any atom is -0.366 e. The molecule has 2 aromatic rings. The van der Waals surface area contributed by atoms with Gasteiger partial charge in [0.2, 0.25) is 5.91 Å². The van der Waals surface area contributed by atoms with E-state index in [4.69, 9.17) is 11.6 Å². The highest BCUT2D eigenvalue weighted by atomic mass is 35.5. The Morgan fingerprint density at radius 1 is 1.14 bits per heavy atom. The van der Waals surface area contributed by atoms with E-state index >= 15 is 0 Å². The van der Waals surface area contributed by atoms with Crippen LogP contribution in [0.3, 0.4) is 0 Å². The van der Waals surface area contributed by atoms with Crippen molar-refractivity contribution in [3.8, 4) is 0 Å². The molecule has 2 aromatic carbocycles. The number of hydrogen-bond acceptors (Lipinski definition) is 3. The monoisotopic (exact) mass is 413 g/mol. The topological polar surface area (TPSA) is 61.4 Å². The van der Waals surface area contributed by atoms with Crippen molar-refractivity contribution < 1.29 is 9.59 Å². The average molecular weight is 414 g/mol. The first-order valence-electron chi connectivity index (χ1n) is 10.1. The second-order valence-electron chi connectivity index (χ2n) is 7.56. The van der Waals surface area contributed by atoms with E-state index in [9.17, 15) is 9.59 Å². The number of rotatable bonds is 6. The minimum atomic E-state index is -0.648. The summed E-state index contributed by atoms with van der Waals surface area (Å²) in [5, 5.41) is 5.18. The van der Waals surface area contributed by atoms with Gasteiger partial charge in [-0.05, 0) is 56.0 Å². The SMILES string of the molecule is CCC(C)NC(=O)c1cc(NC(=O)C(C)Cl)ccc1N1CCc2ccccc2C1. The average Bonchev–Trinajstić information content (AvgIpc) is 2.73. The summed E-state index contributed by atoms with van der Waals surface area (Å²) in [5.41, 5.74) is 4.63. The summed E-state index contributed by atoms with van der Waals surface area (Å²) in [6.45, 7) is 7.23. The second kappa shape index (κ2) is 9.31. The van der Waals surface area contributed by atoms with E-state index in [1.807, 2.05) is 32.0 Å². The molecule has 2 amide bonds. The molecular formula is C23H28ClN3O2. The van der Waals surface area contributed by atoms with E-state index in [1.54, 1.807) is 13.0 Å². The van der Waals surface area contributed by atoms with Crippen molar-refractivity contribution in [3.63, 3.8) is 0 Å². The first-order chi connectivity index (χ1) is 13.9. The molecule has 1 aliphatic rings. The Hall–Kier alpha value is -2.53. The Bertz CT molecular complexity index is 897. The summed E-state index contributed by atoms with van der Waals surface area (Å²) < 4.78 is 0. The standard InChI is InChI=1S/C23H28ClN3O2/c1-4-15(2)25-23(29)20-13-19(26-22(28)16(3)24)9-10-21(20)27-12-11-17-7-5-6-8-18(17)14-27/h5-10,13,15-16H,4,11-12,14H2,1-3H3,(H,25,29)(H,26,28). The summed E-state index contributed by atoms with van der Waals surface area (Å²) in [4.78, 5) is 27.2. The first-order valence-corrected chi connectivity index (χ1v) is 10.5. The lowest BCUT2D eigenvalue weighted by molar-refractivity contribution is -0.115. The number of fused-ring (bicyclic) bond motifs is 1. The van der Waals surface area contributed by atoms with Gasteiger partial charge in [0.15, 0.2) is 0 Å². The predicted molar refractivity (Wildman–Crippen MR) is 119 cm³/mol. The lowest BCUT2D eigenvalue weighted by Gasteiger charge is -2.32. The number of nitrogens with one attached hydrogen (secondary N) is 2. The molecule has 154 valence electrons. The zero-order valence-corrected chi connectivity index (χ0v) is 17.9. The van der Waals surface area contributed by atoms with Crippen molar-refractivity contribution in [2.24, 2.45) is 0 Å². The smallest absolute Gasteiger partial charge is 0.253 e. The fourth-order valence-electron chi connectivity index (χ4n) is 3.42. The molecule has 0 radical (unpaired) electrons. The van der Waals surface area contributed by atoms with Crippen molar-refractivity contribution in [1.82, 2.24) is 5.32 Å². The number of alkyl halides is 1. The number of amides is 2. The van der Waals surface area contributed by atoms with Crippen LogP contribution in [0.1, 0.15) is 48.7 Å². The molecule has 2 N–H and O–H groups in total.